The Hall–Kier alpha value is -0.590. The maximum Gasteiger partial charge on any atom is 0.141 e. The molecule has 0 unspecified atom stereocenters. The molecule has 0 aromatic carbocycles. The van der Waals surface area contributed by atoms with Crippen molar-refractivity contribution in [3.05, 3.63) is 12.2 Å². The van der Waals surface area contributed by atoms with E-state index in [-0.39, 0.29) is 16.7 Å². The van der Waals surface area contributed by atoms with E-state index in [9.17, 15) is 4.79 Å². The van der Waals surface area contributed by atoms with Crippen molar-refractivity contribution in [1.82, 2.24) is 0 Å². The molecular weight excluding hydrogens is 220 g/mol. The summed E-state index contributed by atoms with van der Waals surface area (Å²) in [7, 11) is 0. The molecule has 1 nitrogen and oxygen atoms in total. The van der Waals surface area contributed by atoms with Crippen molar-refractivity contribution in [1.29, 1.82) is 0 Å². The summed E-state index contributed by atoms with van der Waals surface area (Å²) in [4.78, 5) is 12.3. The molecule has 0 amide bonds. The topological polar surface area (TPSA) is 17.1 Å². The lowest BCUT2D eigenvalue weighted by atomic mass is 9.68. The number of ketones is 1. The molecule has 0 heterocycles. The minimum Gasteiger partial charge on any atom is -0.299 e. The van der Waals surface area contributed by atoms with Crippen LogP contribution in [0.25, 0.3) is 0 Å². The third-order valence-electron chi connectivity index (χ3n) is 4.29. The van der Waals surface area contributed by atoms with Gasteiger partial charge in [-0.25, -0.2) is 0 Å². The van der Waals surface area contributed by atoms with Crippen molar-refractivity contribution in [3.8, 4) is 0 Å². The lowest BCUT2D eigenvalue weighted by Crippen LogP contribution is -2.32. The van der Waals surface area contributed by atoms with E-state index in [2.05, 4.69) is 27.4 Å². The van der Waals surface area contributed by atoms with Gasteiger partial charge in [0.2, 0.25) is 0 Å². The highest BCUT2D eigenvalue weighted by atomic mass is 16.1. The van der Waals surface area contributed by atoms with Gasteiger partial charge in [0.05, 0.1) is 0 Å². The Labute approximate surface area is 113 Å². The Balaban J connectivity index is 2.57. The van der Waals surface area contributed by atoms with Gasteiger partial charge in [-0.15, -0.1) is 0 Å². The fraction of sp³-hybridized carbons (Fsp3) is 0.824. The van der Waals surface area contributed by atoms with Crippen LogP contribution in [-0.2, 0) is 4.79 Å². The summed E-state index contributed by atoms with van der Waals surface area (Å²) in [5, 5.41) is 0. The summed E-state index contributed by atoms with van der Waals surface area (Å²) in [6.45, 7) is 17.1. The normalized spacial score (nSPS) is 25.9. The Morgan fingerprint density at radius 3 is 1.56 bits per heavy atom. The van der Waals surface area contributed by atoms with Crippen LogP contribution in [0.3, 0.4) is 0 Å². The van der Waals surface area contributed by atoms with E-state index >= 15 is 0 Å². The predicted octanol–water partition coefficient (Wildman–Crippen LogP) is 5.01. The lowest BCUT2D eigenvalue weighted by molar-refractivity contribution is -0.131. The predicted molar refractivity (Wildman–Crippen MR) is 78.5 cm³/mol. The van der Waals surface area contributed by atoms with Crippen LogP contribution in [0.1, 0.15) is 67.2 Å². The maximum absolute atomic E-state index is 12.3. The average Bonchev–Trinajstić information content (AvgIpc) is 2.25. The van der Waals surface area contributed by atoms with Gasteiger partial charge in [0.1, 0.15) is 5.78 Å². The first kappa shape index (κ1) is 15.5. The molecule has 0 saturated heterocycles. The van der Waals surface area contributed by atoms with Crippen molar-refractivity contribution < 1.29 is 4.79 Å². The number of carbonyl (C=O) groups excluding carboxylic acids is 1. The molecule has 1 heteroatoms. The molecule has 18 heavy (non-hydrogen) atoms. The molecule has 0 radical (unpaired) electrons. The molecule has 1 rings (SSSR count). The zero-order valence-electron chi connectivity index (χ0n) is 13.1. The number of hydrogen-bond donors (Lipinski definition) is 0. The summed E-state index contributed by atoms with van der Waals surface area (Å²) in [5.41, 5.74) is 1.38. The van der Waals surface area contributed by atoms with Crippen LogP contribution < -0.4 is 0 Å². The lowest BCUT2D eigenvalue weighted by Gasteiger charge is -2.36. The van der Waals surface area contributed by atoms with Crippen LogP contribution in [0.15, 0.2) is 12.2 Å². The number of carbonyl (C=O) groups is 1. The summed E-state index contributed by atoms with van der Waals surface area (Å²) >= 11 is 0. The Bertz CT molecular complexity index is 282. The average molecular weight is 250 g/mol. The standard InChI is InChI=1S/C17H30O/c1-12(16(2,3)4)13-8-10-14(11-9-13)15(18)17(5,6)7/h13-14H,1,8-11H2,2-7H3. The van der Waals surface area contributed by atoms with Gasteiger partial charge in [-0.3, -0.25) is 4.79 Å². The van der Waals surface area contributed by atoms with Crippen LogP contribution >= 0.6 is 0 Å². The highest BCUT2D eigenvalue weighted by molar-refractivity contribution is 5.86. The van der Waals surface area contributed by atoms with Gasteiger partial charge in [0, 0.05) is 11.3 Å². The molecule has 0 aromatic heterocycles. The number of allylic oxidation sites excluding steroid dienone is 1. The Morgan fingerprint density at radius 1 is 0.833 bits per heavy atom. The fourth-order valence-electron chi connectivity index (χ4n) is 2.93. The fourth-order valence-corrected chi connectivity index (χ4v) is 2.93. The van der Waals surface area contributed by atoms with Crippen LogP contribution in [0, 0.1) is 22.7 Å². The van der Waals surface area contributed by atoms with Crippen molar-refractivity contribution in [2.75, 3.05) is 0 Å². The molecule has 0 aliphatic heterocycles. The number of Topliss-reactive ketones (excluding diaryl/α,β-unsaturated/α-hetero) is 1. The highest BCUT2D eigenvalue weighted by Crippen LogP contribution is 2.41. The smallest absolute Gasteiger partial charge is 0.141 e. The van der Waals surface area contributed by atoms with Crippen molar-refractivity contribution >= 4 is 5.78 Å². The first-order valence-electron chi connectivity index (χ1n) is 7.27. The molecule has 0 aromatic rings. The van der Waals surface area contributed by atoms with Gasteiger partial charge < -0.3 is 0 Å². The van der Waals surface area contributed by atoms with Gasteiger partial charge in [-0.05, 0) is 37.0 Å². The molecule has 0 N–H and O–H groups in total. The zero-order chi connectivity index (χ0) is 14.1. The molecule has 104 valence electrons. The van der Waals surface area contributed by atoms with Gasteiger partial charge in [-0.2, -0.15) is 0 Å². The molecular formula is C17H30O. The van der Waals surface area contributed by atoms with Crippen LogP contribution in [0.4, 0.5) is 0 Å². The first-order chi connectivity index (χ1) is 8.03. The van der Waals surface area contributed by atoms with E-state index in [0.29, 0.717) is 11.7 Å². The molecule has 1 aliphatic carbocycles. The highest BCUT2D eigenvalue weighted by Gasteiger charge is 2.34. The molecule has 1 fully saturated rings. The minimum atomic E-state index is -0.182. The molecule has 0 atom stereocenters. The molecule has 1 saturated carbocycles. The van der Waals surface area contributed by atoms with Gasteiger partial charge in [0.15, 0.2) is 0 Å². The van der Waals surface area contributed by atoms with Gasteiger partial charge in [0.25, 0.3) is 0 Å². The summed E-state index contributed by atoms with van der Waals surface area (Å²) < 4.78 is 0. The largest absolute Gasteiger partial charge is 0.299 e. The molecule has 0 spiro atoms. The summed E-state index contributed by atoms with van der Waals surface area (Å²) in [6, 6.07) is 0. The number of rotatable bonds is 2. The van der Waals surface area contributed by atoms with Crippen molar-refractivity contribution in [3.63, 3.8) is 0 Å². The third kappa shape index (κ3) is 3.70. The van der Waals surface area contributed by atoms with Gasteiger partial charge in [-0.1, -0.05) is 53.7 Å². The van der Waals surface area contributed by atoms with Crippen LogP contribution in [0.2, 0.25) is 0 Å². The van der Waals surface area contributed by atoms with E-state index in [0.717, 1.165) is 25.7 Å². The van der Waals surface area contributed by atoms with E-state index in [4.69, 9.17) is 0 Å². The molecule has 1 aliphatic rings. The monoisotopic (exact) mass is 250 g/mol. The quantitative estimate of drug-likeness (QED) is 0.630. The Kier molecular flexibility index (Phi) is 4.46. The second-order valence-corrected chi connectivity index (χ2v) is 7.94. The van der Waals surface area contributed by atoms with E-state index in [1.807, 2.05) is 20.8 Å². The third-order valence-corrected chi connectivity index (χ3v) is 4.29. The van der Waals surface area contributed by atoms with Crippen molar-refractivity contribution in [2.45, 2.75) is 67.2 Å². The van der Waals surface area contributed by atoms with E-state index < -0.39 is 0 Å². The SMILES string of the molecule is C=C(C1CCC(C(=O)C(C)(C)C)CC1)C(C)(C)C. The summed E-state index contributed by atoms with van der Waals surface area (Å²) in [5.74, 6) is 1.35. The van der Waals surface area contributed by atoms with Crippen LogP contribution in [0.5, 0.6) is 0 Å². The van der Waals surface area contributed by atoms with Crippen LogP contribution in [-0.4, -0.2) is 5.78 Å². The minimum absolute atomic E-state index is 0.182. The van der Waals surface area contributed by atoms with E-state index in [1.54, 1.807) is 0 Å². The summed E-state index contributed by atoms with van der Waals surface area (Å²) in [6.07, 6.45) is 4.39. The second kappa shape index (κ2) is 5.19. The Morgan fingerprint density at radius 2 is 1.22 bits per heavy atom. The zero-order valence-corrected chi connectivity index (χ0v) is 13.1. The number of hydrogen-bond acceptors (Lipinski definition) is 1. The molecule has 0 bridgehead atoms. The van der Waals surface area contributed by atoms with Crippen molar-refractivity contribution in [2.24, 2.45) is 22.7 Å². The second-order valence-electron chi connectivity index (χ2n) is 7.94. The van der Waals surface area contributed by atoms with Gasteiger partial charge >= 0.3 is 0 Å². The van der Waals surface area contributed by atoms with E-state index in [1.165, 1.54) is 5.57 Å². The first-order valence-corrected chi connectivity index (χ1v) is 7.27. The maximum atomic E-state index is 12.3.